The van der Waals surface area contributed by atoms with E-state index in [0.717, 1.165) is 31.9 Å². The largest absolute Gasteiger partial charge is 0.492 e. The SMILES string of the molecule is CC(C)Cc1cccc2c1OCCNC2.Cl. The third kappa shape index (κ3) is 3.13. The lowest BCUT2D eigenvalue weighted by Crippen LogP contribution is -2.16. The van der Waals surface area contributed by atoms with Gasteiger partial charge in [-0.1, -0.05) is 32.0 Å². The van der Waals surface area contributed by atoms with Gasteiger partial charge in [0.1, 0.15) is 12.4 Å². The lowest BCUT2D eigenvalue weighted by Gasteiger charge is -2.13. The first-order valence-corrected chi connectivity index (χ1v) is 5.71. The van der Waals surface area contributed by atoms with Gasteiger partial charge in [0.15, 0.2) is 0 Å². The summed E-state index contributed by atoms with van der Waals surface area (Å²) in [6, 6.07) is 6.47. The number of halogens is 1. The van der Waals surface area contributed by atoms with Crippen molar-refractivity contribution < 1.29 is 4.74 Å². The van der Waals surface area contributed by atoms with Gasteiger partial charge in [0, 0.05) is 18.7 Å². The number of hydrogen-bond donors (Lipinski definition) is 1. The number of para-hydroxylation sites is 1. The number of ether oxygens (including phenoxy) is 1. The Balaban J connectivity index is 0.00000128. The molecule has 2 nitrogen and oxygen atoms in total. The molecule has 0 aromatic heterocycles. The quantitative estimate of drug-likeness (QED) is 0.860. The monoisotopic (exact) mass is 241 g/mol. The van der Waals surface area contributed by atoms with Gasteiger partial charge >= 0.3 is 0 Å². The molecule has 1 aliphatic heterocycles. The second-order valence-corrected chi connectivity index (χ2v) is 4.53. The molecule has 1 aromatic carbocycles. The molecule has 3 heteroatoms. The zero-order chi connectivity index (χ0) is 10.7. The second-order valence-electron chi connectivity index (χ2n) is 4.53. The molecule has 2 rings (SSSR count). The lowest BCUT2D eigenvalue weighted by molar-refractivity contribution is 0.321. The highest BCUT2D eigenvalue weighted by atomic mass is 35.5. The number of hydrogen-bond acceptors (Lipinski definition) is 2. The molecule has 0 saturated heterocycles. The molecule has 0 bridgehead atoms. The van der Waals surface area contributed by atoms with Crippen LogP contribution in [-0.4, -0.2) is 13.2 Å². The zero-order valence-electron chi connectivity index (χ0n) is 9.95. The van der Waals surface area contributed by atoms with Crippen molar-refractivity contribution in [1.82, 2.24) is 5.32 Å². The van der Waals surface area contributed by atoms with E-state index in [-0.39, 0.29) is 12.4 Å². The summed E-state index contributed by atoms with van der Waals surface area (Å²) in [7, 11) is 0. The van der Waals surface area contributed by atoms with Gasteiger partial charge in [-0.15, -0.1) is 12.4 Å². The Hall–Kier alpha value is -0.730. The Bertz CT molecular complexity index is 339. The molecule has 0 unspecified atom stereocenters. The molecule has 0 atom stereocenters. The third-order valence-corrected chi connectivity index (χ3v) is 2.65. The first-order valence-electron chi connectivity index (χ1n) is 5.71. The fraction of sp³-hybridized carbons (Fsp3) is 0.538. The highest BCUT2D eigenvalue weighted by Crippen LogP contribution is 2.27. The van der Waals surface area contributed by atoms with Gasteiger partial charge in [-0.3, -0.25) is 0 Å². The van der Waals surface area contributed by atoms with E-state index in [1.807, 2.05) is 0 Å². The number of fused-ring (bicyclic) bond motifs is 1. The minimum absolute atomic E-state index is 0. The van der Waals surface area contributed by atoms with Crippen molar-refractivity contribution in [3.05, 3.63) is 29.3 Å². The maximum atomic E-state index is 5.82. The van der Waals surface area contributed by atoms with E-state index in [2.05, 4.69) is 37.4 Å². The van der Waals surface area contributed by atoms with Crippen LogP contribution in [0.25, 0.3) is 0 Å². The van der Waals surface area contributed by atoms with E-state index in [1.54, 1.807) is 0 Å². The summed E-state index contributed by atoms with van der Waals surface area (Å²) in [5.41, 5.74) is 2.65. The highest BCUT2D eigenvalue weighted by molar-refractivity contribution is 5.85. The third-order valence-electron chi connectivity index (χ3n) is 2.65. The smallest absolute Gasteiger partial charge is 0.127 e. The van der Waals surface area contributed by atoms with Crippen molar-refractivity contribution >= 4 is 12.4 Å². The fourth-order valence-electron chi connectivity index (χ4n) is 2.01. The summed E-state index contributed by atoms with van der Waals surface area (Å²) in [6.45, 7) is 7.14. The Morgan fingerprint density at radius 3 is 2.94 bits per heavy atom. The summed E-state index contributed by atoms with van der Waals surface area (Å²) >= 11 is 0. The van der Waals surface area contributed by atoms with Crippen LogP contribution in [0, 0.1) is 5.92 Å². The molecule has 0 radical (unpaired) electrons. The molecule has 1 aliphatic rings. The number of nitrogens with one attached hydrogen (secondary N) is 1. The Morgan fingerprint density at radius 1 is 1.38 bits per heavy atom. The van der Waals surface area contributed by atoms with Gasteiger partial charge in [-0.25, -0.2) is 0 Å². The normalized spacial score (nSPS) is 14.7. The van der Waals surface area contributed by atoms with E-state index in [1.165, 1.54) is 11.1 Å². The molecule has 0 saturated carbocycles. The maximum absolute atomic E-state index is 5.82. The zero-order valence-corrected chi connectivity index (χ0v) is 10.8. The van der Waals surface area contributed by atoms with Crippen LogP contribution < -0.4 is 10.1 Å². The lowest BCUT2D eigenvalue weighted by atomic mass is 9.99. The summed E-state index contributed by atoms with van der Waals surface area (Å²) in [5, 5.41) is 3.36. The molecule has 0 fully saturated rings. The van der Waals surface area contributed by atoms with Crippen LogP contribution in [-0.2, 0) is 13.0 Å². The number of rotatable bonds is 2. The molecule has 0 spiro atoms. The molecule has 90 valence electrons. The minimum Gasteiger partial charge on any atom is -0.492 e. The van der Waals surface area contributed by atoms with Crippen LogP contribution in [0.2, 0.25) is 0 Å². The Morgan fingerprint density at radius 2 is 2.19 bits per heavy atom. The van der Waals surface area contributed by atoms with Crippen molar-refractivity contribution in [3.8, 4) is 5.75 Å². The van der Waals surface area contributed by atoms with Crippen molar-refractivity contribution in [2.75, 3.05) is 13.2 Å². The van der Waals surface area contributed by atoms with Crippen LogP contribution >= 0.6 is 12.4 Å². The second kappa shape index (κ2) is 6.12. The van der Waals surface area contributed by atoms with Gasteiger partial charge in [-0.05, 0) is 17.9 Å². The van der Waals surface area contributed by atoms with Crippen molar-refractivity contribution in [3.63, 3.8) is 0 Å². The van der Waals surface area contributed by atoms with Crippen LogP contribution in [0.15, 0.2) is 18.2 Å². The summed E-state index contributed by atoms with van der Waals surface area (Å²) < 4.78 is 5.82. The Labute approximate surface area is 104 Å². The maximum Gasteiger partial charge on any atom is 0.127 e. The van der Waals surface area contributed by atoms with Gasteiger partial charge in [0.25, 0.3) is 0 Å². The standard InChI is InChI=1S/C13H19NO.ClH/c1-10(2)8-11-4-3-5-12-9-14-6-7-15-13(11)12;/h3-5,10,14H,6-9H2,1-2H3;1H. The summed E-state index contributed by atoms with van der Waals surface area (Å²) in [5.74, 6) is 1.80. The van der Waals surface area contributed by atoms with E-state index < -0.39 is 0 Å². The van der Waals surface area contributed by atoms with Crippen LogP contribution in [0.3, 0.4) is 0 Å². The average molecular weight is 242 g/mol. The molecule has 16 heavy (non-hydrogen) atoms. The molecular formula is C13H20ClNO. The van der Waals surface area contributed by atoms with Crippen molar-refractivity contribution in [1.29, 1.82) is 0 Å². The molecule has 0 aliphatic carbocycles. The van der Waals surface area contributed by atoms with Crippen LogP contribution in [0.5, 0.6) is 5.75 Å². The minimum atomic E-state index is 0. The number of benzene rings is 1. The average Bonchev–Trinajstić information content (AvgIpc) is 2.42. The van der Waals surface area contributed by atoms with Gasteiger partial charge in [0.05, 0.1) is 0 Å². The van der Waals surface area contributed by atoms with Crippen molar-refractivity contribution in [2.24, 2.45) is 5.92 Å². The van der Waals surface area contributed by atoms with Crippen molar-refractivity contribution in [2.45, 2.75) is 26.8 Å². The van der Waals surface area contributed by atoms with Crippen LogP contribution in [0.1, 0.15) is 25.0 Å². The van der Waals surface area contributed by atoms with E-state index in [4.69, 9.17) is 4.74 Å². The van der Waals surface area contributed by atoms with Gasteiger partial charge < -0.3 is 10.1 Å². The van der Waals surface area contributed by atoms with Gasteiger partial charge in [-0.2, -0.15) is 0 Å². The molecular weight excluding hydrogens is 222 g/mol. The summed E-state index contributed by atoms with van der Waals surface area (Å²) in [4.78, 5) is 0. The van der Waals surface area contributed by atoms with E-state index in [9.17, 15) is 0 Å². The molecule has 1 aromatic rings. The predicted molar refractivity (Wildman–Crippen MR) is 69.4 cm³/mol. The molecule has 1 heterocycles. The highest BCUT2D eigenvalue weighted by Gasteiger charge is 2.13. The van der Waals surface area contributed by atoms with Gasteiger partial charge in [0.2, 0.25) is 0 Å². The van der Waals surface area contributed by atoms with Crippen LogP contribution in [0.4, 0.5) is 0 Å². The van der Waals surface area contributed by atoms with E-state index in [0.29, 0.717) is 5.92 Å². The van der Waals surface area contributed by atoms with E-state index >= 15 is 0 Å². The predicted octanol–water partition coefficient (Wildman–Crippen LogP) is 2.79. The fourth-order valence-corrected chi connectivity index (χ4v) is 2.01. The first kappa shape index (κ1) is 13.3. The molecule has 0 amide bonds. The Kier molecular flexibility index (Phi) is 5.10. The topological polar surface area (TPSA) is 21.3 Å². The first-order chi connectivity index (χ1) is 7.27. The molecule has 1 N–H and O–H groups in total. The summed E-state index contributed by atoms with van der Waals surface area (Å²) in [6.07, 6.45) is 1.10.